The zero-order valence-corrected chi connectivity index (χ0v) is 13.1. The first-order valence-electron chi connectivity index (χ1n) is 6.17. The van der Waals surface area contributed by atoms with Crippen LogP contribution in [0.1, 0.15) is 6.92 Å². The Bertz CT molecular complexity index is 544. The molecule has 0 saturated heterocycles. The summed E-state index contributed by atoms with van der Waals surface area (Å²) in [4.78, 5) is 16.3. The molecule has 0 aliphatic rings. The first kappa shape index (κ1) is 16.6. The molecule has 4 nitrogen and oxygen atoms in total. The number of carbonyl (C=O) groups excluding carboxylic acids is 1. The van der Waals surface area contributed by atoms with Crippen molar-refractivity contribution in [2.45, 2.75) is 6.92 Å². The van der Waals surface area contributed by atoms with Crippen LogP contribution in [0.3, 0.4) is 0 Å². The van der Waals surface area contributed by atoms with Crippen LogP contribution in [0.15, 0.2) is 35.7 Å². The SMILES string of the molecule is CNCC(C)C(=O)Nc1nc(-c2ccccc2)cs1.Cl. The van der Waals surface area contributed by atoms with Gasteiger partial charge in [-0.05, 0) is 7.05 Å². The topological polar surface area (TPSA) is 54.0 Å². The second kappa shape index (κ2) is 7.99. The van der Waals surface area contributed by atoms with E-state index in [0.29, 0.717) is 11.7 Å². The van der Waals surface area contributed by atoms with Gasteiger partial charge >= 0.3 is 0 Å². The van der Waals surface area contributed by atoms with E-state index in [1.165, 1.54) is 11.3 Å². The number of carbonyl (C=O) groups is 1. The molecule has 1 aromatic carbocycles. The van der Waals surface area contributed by atoms with Crippen molar-refractivity contribution in [3.63, 3.8) is 0 Å². The van der Waals surface area contributed by atoms with Crippen molar-refractivity contribution in [3.05, 3.63) is 35.7 Å². The van der Waals surface area contributed by atoms with Crippen LogP contribution in [-0.4, -0.2) is 24.5 Å². The number of rotatable bonds is 5. The molecule has 108 valence electrons. The molecular formula is C14H18ClN3OS. The summed E-state index contributed by atoms with van der Waals surface area (Å²) < 4.78 is 0. The number of anilines is 1. The zero-order chi connectivity index (χ0) is 13.7. The van der Waals surface area contributed by atoms with Gasteiger partial charge in [-0.3, -0.25) is 4.79 Å². The number of hydrogen-bond donors (Lipinski definition) is 2. The summed E-state index contributed by atoms with van der Waals surface area (Å²) in [6.45, 7) is 2.54. The van der Waals surface area contributed by atoms with E-state index in [4.69, 9.17) is 0 Å². The monoisotopic (exact) mass is 311 g/mol. The summed E-state index contributed by atoms with van der Waals surface area (Å²) in [5.74, 6) is -0.0858. The summed E-state index contributed by atoms with van der Waals surface area (Å²) in [7, 11) is 1.83. The first-order valence-corrected chi connectivity index (χ1v) is 7.05. The molecule has 1 atom stereocenters. The fourth-order valence-electron chi connectivity index (χ4n) is 1.70. The standard InChI is InChI=1S/C14H17N3OS.ClH/c1-10(8-15-2)13(18)17-14-16-12(9-19-14)11-6-4-3-5-7-11;/h3-7,9-10,15H,8H2,1-2H3,(H,16,17,18);1H. The fourth-order valence-corrected chi connectivity index (χ4v) is 2.42. The predicted molar refractivity (Wildman–Crippen MR) is 86.5 cm³/mol. The number of nitrogens with zero attached hydrogens (tertiary/aromatic N) is 1. The number of benzene rings is 1. The Hall–Kier alpha value is -1.43. The predicted octanol–water partition coefficient (Wildman–Crippen LogP) is 3.03. The molecular weight excluding hydrogens is 294 g/mol. The molecule has 0 spiro atoms. The minimum Gasteiger partial charge on any atom is -0.319 e. The third-order valence-corrected chi connectivity index (χ3v) is 3.52. The van der Waals surface area contributed by atoms with Crippen molar-refractivity contribution >= 4 is 34.8 Å². The minimum absolute atomic E-state index is 0. The number of hydrogen-bond acceptors (Lipinski definition) is 4. The van der Waals surface area contributed by atoms with Crippen LogP contribution in [0.5, 0.6) is 0 Å². The van der Waals surface area contributed by atoms with E-state index < -0.39 is 0 Å². The van der Waals surface area contributed by atoms with Crippen LogP contribution in [0.4, 0.5) is 5.13 Å². The lowest BCUT2D eigenvalue weighted by atomic mass is 10.1. The molecule has 20 heavy (non-hydrogen) atoms. The highest BCUT2D eigenvalue weighted by molar-refractivity contribution is 7.14. The van der Waals surface area contributed by atoms with Gasteiger partial charge in [0.1, 0.15) is 0 Å². The molecule has 1 amide bonds. The average Bonchev–Trinajstić information content (AvgIpc) is 2.88. The highest BCUT2D eigenvalue weighted by Crippen LogP contribution is 2.24. The van der Waals surface area contributed by atoms with Crippen molar-refractivity contribution in [1.82, 2.24) is 10.3 Å². The van der Waals surface area contributed by atoms with Crippen LogP contribution in [0.2, 0.25) is 0 Å². The Labute approximate surface area is 129 Å². The van der Waals surface area contributed by atoms with Crippen molar-refractivity contribution < 1.29 is 4.79 Å². The largest absolute Gasteiger partial charge is 0.319 e. The molecule has 6 heteroatoms. The molecule has 0 fully saturated rings. The Morgan fingerprint density at radius 1 is 1.35 bits per heavy atom. The molecule has 2 rings (SSSR count). The van der Waals surface area contributed by atoms with Crippen LogP contribution in [0, 0.1) is 5.92 Å². The van der Waals surface area contributed by atoms with Gasteiger partial charge in [-0.1, -0.05) is 37.3 Å². The second-order valence-electron chi connectivity index (χ2n) is 4.35. The average molecular weight is 312 g/mol. The highest BCUT2D eigenvalue weighted by atomic mass is 35.5. The highest BCUT2D eigenvalue weighted by Gasteiger charge is 2.13. The molecule has 0 bridgehead atoms. The van der Waals surface area contributed by atoms with Gasteiger partial charge in [0.05, 0.1) is 5.69 Å². The smallest absolute Gasteiger partial charge is 0.230 e. The Morgan fingerprint density at radius 2 is 2.05 bits per heavy atom. The lowest BCUT2D eigenvalue weighted by molar-refractivity contribution is -0.119. The molecule has 2 N–H and O–H groups in total. The Morgan fingerprint density at radius 3 is 2.70 bits per heavy atom. The fraction of sp³-hybridized carbons (Fsp3) is 0.286. The van der Waals surface area contributed by atoms with E-state index in [1.54, 1.807) is 0 Å². The summed E-state index contributed by atoms with van der Waals surface area (Å²) in [5.41, 5.74) is 1.95. The van der Waals surface area contributed by atoms with Crippen molar-refractivity contribution in [1.29, 1.82) is 0 Å². The van der Waals surface area contributed by atoms with E-state index in [9.17, 15) is 4.79 Å². The zero-order valence-electron chi connectivity index (χ0n) is 11.4. The summed E-state index contributed by atoms with van der Waals surface area (Å²) in [6.07, 6.45) is 0. The quantitative estimate of drug-likeness (QED) is 0.892. The van der Waals surface area contributed by atoms with Crippen molar-refractivity contribution in [2.75, 3.05) is 18.9 Å². The van der Waals surface area contributed by atoms with E-state index in [-0.39, 0.29) is 24.2 Å². The summed E-state index contributed by atoms with van der Waals surface area (Å²) in [6, 6.07) is 9.93. The maximum atomic E-state index is 11.9. The van der Waals surface area contributed by atoms with Gasteiger partial charge in [-0.2, -0.15) is 0 Å². The van der Waals surface area contributed by atoms with E-state index >= 15 is 0 Å². The van der Waals surface area contributed by atoms with Crippen LogP contribution >= 0.6 is 23.7 Å². The van der Waals surface area contributed by atoms with Crippen LogP contribution in [-0.2, 0) is 4.79 Å². The lowest BCUT2D eigenvalue weighted by Crippen LogP contribution is -2.28. The summed E-state index contributed by atoms with van der Waals surface area (Å²) >= 11 is 1.44. The molecule has 2 aromatic rings. The molecule has 0 radical (unpaired) electrons. The number of nitrogens with one attached hydrogen (secondary N) is 2. The van der Waals surface area contributed by atoms with Gasteiger partial charge in [0.15, 0.2) is 5.13 Å². The number of halogens is 1. The lowest BCUT2D eigenvalue weighted by Gasteiger charge is -2.09. The van der Waals surface area contributed by atoms with Crippen LogP contribution < -0.4 is 10.6 Å². The third-order valence-electron chi connectivity index (χ3n) is 2.76. The molecule has 1 unspecified atom stereocenters. The van der Waals surface area contributed by atoms with Gasteiger partial charge in [0.25, 0.3) is 0 Å². The van der Waals surface area contributed by atoms with E-state index in [2.05, 4.69) is 15.6 Å². The maximum Gasteiger partial charge on any atom is 0.230 e. The number of aromatic nitrogens is 1. The van der Waals surface area contributed by atoms with Gasteiger partial charge < -0.3 is 10.6 Å². The van der Waals surface area contributed by atoms with Gasteiger partial charge in [0, 0.05) is 23.4 Å². The third kappa shape index (κ3) is 4.30. The Balaban J connectivity index is 0.00000200. The van der Waals surface area contributed by atoms with Crippen molar-refractivity contribution in [3.8, 4) is 11.3 Å². The molecule has 0 aliphatic heterocycles. The Kier molecular flexibility index (Phi) is 6.64. The molecule has 1 heterocycles. The van der Waals surface area contributed by atoms with E-state index in [0.717, 1.165) is 11.3 Å². The second-order valence-corrected chi connectivity index (χ2v) is 5.21. The summed E-state index contributed by atoms with van der Waals surface area (Å²) in [5, 5.41) is 8.43. The molecule has 0 saturated carbocycles. The minimum atomic E-state index is -0.0749. The number of thiazole rings is 1. The molecule has 1 aromatic heterocycles. The van der Waals surface area contributed by atoms with Crippen LogP contribution in [0.25, 0.3) is 11.3 Å². The van der Waals surface area contributed by atoms with Gasteiger partial charge in [0.2, 0.25) is 5.91 Å². The first-order chi connectivity index (χ1) is 9.20. The van der Waals surface area contributed by atoms with Crippen molar-refractivity contribution in [2.24, 2.45) is 5.92 Å². The van der Waals surface area contributed by atoms with Gasteiger partial charge in [-0.25, -0.2) is 4.98 Å². The maximum absolute atomic E-state index is 11.9. The van der Waals surface area contributed by atoms with E-state index in [1.807, 2.05) is 49.7 Å². The normalized spacial score (nSPS) is 11.5. The molecule has 0 aliphatic carbocycles. The van der Waals surface area contributed by atoms with Gasteiger partial charge in [-0.15, -0.1) is 23.7 Å². The number of amides is 1.